The Bertz CT molecular complexity index is 1410. The molecule has 39 heavy (non-hydrogen) atoms. The molecule has 204 valence electrons. The Hall–Kier alpha value is -3.26. The highest BCUT2D eigenvalue weighted by atomic mass is 31.0. The van der Waals surface area contributed by atoms with E-state index in [0.29, 0.717) is 37.4 Å². The number of aliphatic hydroxyl groups is 1. The van der Waals surface area contributed by atoms with E-state index in [2.05, 4.69) is 35.7 Å². The second-order valence-corrected chi connectivity index (χ2v) is 11.7. The zero-order chi connectivity index (χ0) is 27.8. The van der Waals surface area contributed by atoms with E-state index in [0.717, 1.165) is 27.9 Å². The van der Waals surface area contributed by atoms with Crippen LogP contribution in [0, 0.1) is 17.2 Å². The highest BCUT2D eigenvalue weighted by Crippen LogP contribution is 2.44. The van der Waals surface area contributed by atoms with Gasteiger partial charge in [0.15, 0.2) is 5.41 Å². The van der Waals surface area contributed by atoms with E-state index in [1.54, 1.807) is 6.07 Å². The maximum atomic E-state index is 14.3. The number of nitrogens with zero attached hydrogens (tertiary/aromatic N) is 3. The van der Waals surface area contributed by atoms with Crippen LogP contribution in [-0.4, -0.2) is 54.9 Å². The van der Waals surface area contributed by atoms with Gasteiger partial charge in [-0.1, -0.05) is 32.6 Å². The summed E-state index contributed by atoms with van der Waals surface area (Å²) in [5.74, 6) is -0.353. The van der Waals surface area contributed by atoms with Crippen molar-refractivity contribution in [1.29, 1.82) is 0 Å². The van der Waals surface area contributed by atoms with E-state index >= 15 is 0 Å². The van der Waals surface area contributed by atoms with Gasteiger partial charge in [0.05, 0.1) is 38.1 Å². The van der Waals surface area contributed by atoms with Gasteiger partial charge >= 0.3 is 0 Å². The minimum Gasteiger partial charge on any atom is -0.396 e. The summed E-state index contributed by atoms with van der Waals surface area (Å²) < 4.78 is 20.1. The number of hydrogen-bond donors (Lipinski definition) is 2. The fourth-order valence-electron chi connectivity index (χ4n) is 5.60. The number of pyridine rings is 1. The lowest BCUT2D eigenvalue weighted by atomic mass is 9.71. The van der Waals surface area contributed by atoms with Crippen LogP contribution in [-0.2, 0) is 16.6 Å². The molecule has 0 saturated carbocycles. The van der Waals surface area contributed by atoms with Gasteiger partial charge in [-0.15, -0.1) is 0 Å². The molecule has 4 atom stereocenters. The van der Waals surface area contributed by atoms with E-state index in [-0.39, 0.29) is 30.8 Å². The maximum absolute atomic E-state index is 14.3. The number of amides is 1. The Balaban J connectivity index is 1.46. The SMILES string of the molecule is Cc1ccc(NC(=O)c2ccnc(C(C)(F)P)c2)cc1-c1ccc2c(c1)N1CCOCC1C(CO)(CN=O)C2. The van der Waals surface area contributed by atoms with Crippen molar-refractivity contribution in [2.45, 2.75) is 31.7 Å². The molecule has 0 radical (unpaired) electrons. The van der Waals surface area contributed by atoms with Crippen molar-refractivity contribution in [2.75, 3.05) is 43.1 Å². The molecule has 4 unspecified atom stereocenters. The molecular formula is C29H32FN4O4P. The monoisotopic (exact) mass is 550 g/mol. The van der Waals surface area contributed by atoms with Gasteiger partial charge in [-0.3, -0.25) is 9.78 Å². The smallest absolute Gasteiger partial charge is 0.255 e. The lowest BCUT2D eigenvalue weighted by molar-refractivity contribution is 0.0107. The van der Waals surface area contributed by atoms with E-state index in [1.165, 1.54) is 19.2 Å². The number of anilines is 2. The first-order chi connectivity index (χ1) is 18.6. The molecular weight excluding hydrogens is 518 g/mol. The van der Waals surface area contributed by atoms with Crippen LogP contribution in [0.2, 0.25) is 0 Å². The molecule has 3 heterocycles. The first-order valence-electron chi connectivity index (χ1n) is 12.9. The molecule has 2 aliphatic rings. The van der Waals surface area contributed by atoms with Crippen LogP contribution in [0.5, 0.6) is 0 Å². The van der Waals surface area contributed by atoms with Crippen molar-refractivity contribution in [3.63, 3.8) is 0 Å². The minimum absolute atomic E-state index is 0.0245. The minimum atomic E-state index is -1.74. The summed E-state index contributed by atoms with van der Waals surface area (Å²) in [5.41, 5.74) is 5.52. The quantitative estimate of drug-likeness (QED) is 0.323. The number of fused-ring (bicyclic) bond motifs is 3. The van der Waals surface area contributed by atoms with Crippen LogP contribution in [0.3, 0.4) is 0 Å². The summed E-state index contributed by atoms with van der Waals surface area (Å²) in [7, 11) is 2.09. The van der Waals surface area contributed by atoms with Gasteiger partial charge in [0.1, 0.15) is 0 Å². The van der Waals surface area contributed by atoms with Crippen molar-refractivity contribution >= 4 is 26.5 Å². The van der Waals surface area contributed by atoms with Crippen molar-refractivity contribution in [3.8, 4) is 11.1 Å². The molecule has 0 aliphatic carbocycles. The van der Waals surface area contributed by atoms with Gasteiger partial charge in [-0.05, 0) is 72.9 Å². The Labute approximate surface area is 229 Å². The van der Waals surface area contributed by atoms with Gasteiger partial charge in [-0.2, -0.15) is 4.91 Å². The highest BCUT2D eigenvalue weighted by molar-refractivity contribution is 7.18. The molecule has 5 rings (SSSR count). The van der Waals surface area contributed by atoms with Gasteiger partial charge in [-0.25, -0.2) is 4.39 Å². The molecule has 3 aromatic rings. The largest absolute Gasteiger partial charge is 0.396 e. The number of alkyl halides is 1. The highest BCUT2D eigenvalue weighted by Gasteiger charge is 2.48. The van der Waals surface area contributed by atoms with Crippen LogP contribution in [0.15, 0.2) is 59.9 Å². The third kappa shape index (κ3) is 5.31. The molecule has 1 saturated heterocycles. The summed E-state index contributed by atoms with van der Waals surface area (Å²) in [6.07, 6.45) is 1.96. The number of hydrogen-bond acceptors (Lipinski definition) is 7. The lowest BCUT2D eigenvalue weighted by Crippen LogP contribution is -2.61. The number of halogens is 1. The normalized spacial score (nSPS) is 21.9. The molecule has 1 amide bonds. The number of aryl methyl sites for hydroxylation is 1. The summed E-state index contributed by atoms with van der Waals surface area (Å²) >= 11 is 0. The van der Waals surface area contributed by atoms with E-state index < -0.39 is 10.8 Å². The summed E-state index contributed by atoms with van der Waals surface area (Å²) in [6, 6.07) is 14.8. The average molecular weight is 551 g/mol. The Kier molecular flexibility index (Phi) is 7.51. The van der Waals surface area contributed by atoms with Crippen molar-refractivity contribution < 1.29 is 19.0 Å². The molecule has 0 bridgehead atoms. The summed E-state index contributed by atoms with van der Waals surface area (Å²) in [6.45, 7) is 4.90. The van der Waals surface area contributed by atoms with E-state index in [1.807, 2.05) is 37.3 Å². The fourth-order valence-corrected chi connectivity index (χ4v) is 5.76. The number of ether oxygens (including phenoxy) is 1. The average Bonchev–Trinajstić information content (AvgIpc) is 2.93. The van der Waals surface area contributed by atoms with Crippen LogP contribution >= 0.6 is 9.24 Å². The Morgan fingerprint density at radius 1 is 1.31 bits per heavy atom. The van der Waals surface area contributed by atoms with Crippen LogP contribution in [0.25, 0.3) is 11.1 Å². The lowest BCUT2D eigenvalue weighted by Gasteiger charge is -2.51. The summed E-state index contributed by atoms with van der Waals surface area (Å²) in [5, 5.41) is 14.7. The molecule has 2 aromatic carbocycles. The summed E-state index contributed by atoms with van der Waals surface area (Å²) in [4.78, 5) is 30.5. The number of benzene rings is 2. The second kappa shape index (κ2) is 10.7. The van der Waals surface area contributed by atoms with Crippen LogP contribution < -0.4 is 10.2 Å². The zero-order valence-corrected chi connectivity index (χ0v) is 23.1. The van der Waals surface area contributed by atoms with E-state index in [4.69, 9.17) is 4.74 Å². The van der Waals surface area contributed by atoms with Crippen LogP contribution in [0.4, 0.5) is 15.8 Å². The van der Waals surface area contributed by atoms with Gasteiger partial charge in [0.2, 0.25) is 0 Å². The number of aliphatic hydroxyl groups excluding tert-OH is 1. The first kappa shape index (κ1) is 27.3. The van der Waals surface area contributed by atoms with Crippen LogP contribution in [0.1, 0.15) is 34.1 Å². The molecule has 2 aliphatic heterocycles. The molecule has 0 spiro atoms. The van der Waals surface area contributed by atoms with Gasteiger partial charge < -0.3 is 20.1 Å². The fraction of sp³-hybridized carbons (Fsp3) is 0.379. The zero-order valence-electron chi connectivity index (χ0n) is 22.0. The number of rotatable bonds is 7. The predicted octanol–water partition coefficient (Wildman–Crippen LogP) is 4.83. The molecule has 1 aromatic heterocycles. The van der Waals surface area contributed by atoms with E-state index in [9.17, 15) is 19.2 Å². The van der Waals surface area contributed by atoms with Crippen molar-refractivity contribution in [2.24, 2.45) is 10.6 Å². The first-order valence-corrected chi connectivity index (χ1v) is 13.5. The molecule has 2 N–H and O–H groups in total. The topological polar surface area (TPSA) is 104 Å². The Morgan fingerprint density at radius 2 is 2.13 bits per heavy atom. The standard InChI is InChI=1S/C29H32FN4O4P/c1-18-3-6-22(33-27(36)20-7-8-31-25(12-20)28(2,30)39)13-23(18)19-4-5-21-14-29(17-35,16-32-37)26-15-38-10-9-34(26)24(21)11-19/h3-8,11-13,26,35H,9-10,14-17,39H2,1-2H3,(H,33,36). The number of carbonyl (C=O) groups is 1. The number of nitrogens with one attached hydrogen (secondary N) is 1. The third-order valence-corrected chi connectivity index (χ3v) is 8.09. The number of morpholine rings is 1. The third-order valence-electron chi connectivity index (χ3n) is 7.80. The van der Waals surface area contributed by atoms with Crippen molar-refractivity contribution in [1.82, 2.24) is 4.98 Å². The van der Waals surface area contributed by atoms with Gasteiger partial charge in [0.25, 0.3) is 5.91 Å². The van der Waals surface area contributed by atoms with Crippen molar-refractivity contribution in [3.05, 3.63) is 82.0 Å². The maximum Gasteiger partial charge on any atom is 0.255 e. The number of nitroso groups, excluding NO2 is 1. The Morgan fingerprint density at radius 3 is 2.87 bits per heavy atom. The predicted molar refractivity (Wildman–Crippen MR) is 153 cm³/mol. The molecule has 1 fully saturated rings. The number of aromatic nitrogens is 1. The second-order valence-electron chi connectivity index (χ2n) is 10.6. The van der Waals surface area contributed by atoms with Gasteiger partial charge in [0, 0.05) is 35.1 Å². The molecule has 8 nitrogen and oxygen atoms in total. The number of carbonyl (C=O) groups excluding carboxylic acids is 1. The molecule has 10 heteroatoms.